The quantitative estimate of drug-likeness (QED) is 0.851. The molecule has 0 radical (unpaired) electrons. The van der Waals surface area contributed by atoms with Crippen LogP contribution in [0.4, 0.5) is 0 Å². The molecule has 1 aromatic carbocycles. The lowest BCUT2D eigenvalue weighted by Crippen LogP contribution is -2.46. The van der Waals surface area contributed by atoms with Crippen LogP contribution < -0.4 is 5.32 Å². The van der Waals surface area contributed by atoms with Crippen molar-refractivity contribution in [3.63, 3.8) is 0 Å². The van der Waals surface area contributed by atoms with E-state index in [1.807, 2.05) is 12.1 Å². The number of rotatable bonds is 4. The molecule has 1 N–H and O–H groups in total. The number of likely N-dealkylation sites (tertiary alicyclic amines) is 1. The molecule has 1 amide bonds. The summed E-state index contributed by atoms with van der Waals surface area (Å²) in [7, 11) is 0. The van der Waals surface area contributed by atoms with E-state index in [2.05, 4.69) is 34.5 Å². The number of halogens is 1. The molecule has 1 aliphatic carbocycles. The number of benzene rings is 1. The van der Waals surface area contributed by atoms with E-state index in [1.54, 1.807) is 0 Å². The van der Waals surface area contributed by atoms with Gasteiger partial charge in [-0.15, -0.1) is 0 Å². The van der Waals surface area contributed by atoms with Crippen molar-refractivity contribution in [1.82, 2.24) is 10.2 Å². The summed E-state index contributed by atoms with van der Waals surface area (Å²) in [5.74, 6) is 0.442. The zero-order chi connectivity index (χ0) is 16.1. The van der Waals surface area contributed by atoms with Gasteiger partial charge in [0.15, 0.2) is 0 Å². The molecule has 0 saturated carbocycles. The fourth-order valence-electron chi connectivity index (χ4n) is 3.43. The fraction of sp³-hybridized carbons (Fsp3) is 0.526. The highest BCUT2D eigenvalue weighted by molar-refractivity contribution is 6.30. The van der Waals surface area contributed by atoms with Crippen LogP contribution in [0.3, 0.4) is 0 Å². The molecule has 1 saturated heterocycles. The molecule has 1 aliphatic heterocycles. The molecule has 3 rings (SSSR count). The maximum atomic E-state index is 12.3. The first-order valence-electron chi connectivity index (χ1n) is 8.63. The largest absolute Gasteiger partial charge is 0.353 e. The monoisotopic (exact) mass is 332 g/mol. The van der Waals surface area contributed by atoms with Crippen LogP contribution in [0.5, 0.6) is 0 Å². The van der Waals surface area contributed by atoms with Crippen LogP contribution in [0.15, 0.2) is 36.4 Å². The smallest absolute Gasteiger partial charge is 0.223 e. The Morgan fingerprint density at radius 3 is 2.52 bits per heavy atom. The highest BCUT2D eigenvalue weighted by Crippen LogP contribution is 2.20. The number of piperidine rings is 1. The third-order valence-corrected chi connectivity index (χ3v) is 5.15. The van der Waals surface area contributed by atoms with Crippen molar-refractivity contribution in [2.75, 3.05) is 13.1 Å². The minimum Gasteiger partial charge on any atom is -0.353 e. The normalized spacial score (nSPS) is 22.9. The molecule has 1 fully saturated rings. The first-order chi connectivity index (χ1) is 11.2. The molecular weight excluding hydrogens is 308 g/mol. The molecule has 1 atom stereocenters. The molecule has 1 aromatic rings. The fourth-order valence-corrected chi connectivity index (χ4v) is 3.56. The lowest BCUT2D eigenvalue weighted by atomic mass is 9.93. The molecule has 1 unspecified atom stereocenters. The average Bonchev–Trinajstić information content (AvgIpc) is 2.59. The Kier molecular flexibility index (Phi) is 5.74. The second-order valence-electron chi connectivity index (χ2n) is 6.67. The number of allylic oxidation sites excluding steroid dienone is 2. The van der Waals surface area contributed by atoms with Crippen LogP contribution >= 0.6 is 11.6 Å². The van der Waals surface area contributed by atoms with Gasteiger partial charge in [0.25, 0.3) is 0 Å². The number of carbonyl (C=O) groups excluding carboxylic acids is 1. The van der Waals surface area contributed by atoms with E-state index in [-0.39, 0.29) is 11.8 Å². The number of amides is 1. The zero-order valence-electron chi connectivity index (χ0n) is 13.5. The Balaban J connectivity index is 1.42. The third-order valence-electron chi connectivity index (χ3n) is 4.89. The predicted molar refractivity (Wildman–Crippen MR) is 94.4 cm³/mol. The van der Waals surface area contributed by atoms with E-state index in [1.165, 1.54) is 5.56 Å². The number of hydrogen-bond donors (Lipinski definition) is 1. The van der Waals surface area contributed by atoms with Gasteiger partial charge < -0.3 is 5.32 Å². The Morgan fingerprint density at radius 1 is 1.13 bits per heavy atom. The van der Waals surface area contributed by atoms with Crippen molar-refractivity contribution in [2.24, 2.45) is 5.92 Å². The standard InChI is InChI=1S/C19H25ClN2O/c20-17-8-6-15(7-9-17)14-22-12-10-18(11-13-22)21-19(23)16-4-2-1-3-5-16/h1-2,6-9,16,18H,3-5,10-14H2,(H,21,23). The Morgan fingerprint density at radius 2 is 1.87 bits per heavy atom. The first kappa shape index (κ1) is 16.5. The van der Waals surface area contributed by atoms with Gasteiger partial charge in [0.2, 0.25) is 5.91 Å². The second kappa shape index (κ2) is 7.98. The summed E-state index contributed by atoms with van der Waals surface area (Å²) in [6.45, 7) is 3.04. The summed E-state index contributed by atoms with van der Waals surface area (Å²) in [6, 6.07) is 8.42. The van der Waals surface area contributed by atoms with Crippen LogP contribution in [0.2, 0.25) is 5.02 Å². The number of nitrogens with one attached hydrogen (secondary N) is 1. The van der Waals surface area contributed by atoms with Crippen molar-refractivity contribution in [3.8, 4) is 0 Å². The van der Waals surface area contributed by atoms with E-state index >= 15 is 0 Å². The van der Waals surface area contributed by atoms with Crippen LogP contribution in [-0.4, -0.2) is 29.9 Å². The van der Waals surface area contributed by atoms with Gasteiger partial charge in [-0.2, -0.15) is 0 Å². The number of carbonyl (C=O) groups is 1. The van der Waals surface area contributed by atoms with Gasteiger partial charge >= 0.3 is 0 Å². The summed E-state index contributed by atoms with van der Waals surface area (Å²) >= 11 is 5.93. The maximum absolute atomic E-state index is 12.3. The molecule has 0 spiro atoms. The van der Waals surface area contributed by atoms with Crippen molar-refractivity contribution in [2.45, 2.75) is 44.7 Å². The molecule has 0 bridgehead atoms. The van der Waals surface area contributed by atoms with Crippen LogP contribution in [-0.2, 0) is 11.3 Å². The molecule has 23 heavy (non-hydrogen) atoms. The summed E-state index contributed by atoms with van der Waals surface area (Å²) in [5.41, 5.74) is 1.30. The molecule has 4 heteroatoms. The Hall–Kier alpha value is -1.32. The average molecular weight is 333 g/mol. The van der Waals surface area contributed by atoms with Gasteiger partial charge in [0.05, 0.1) is 0 Å². The maximum Gasteiger partial charge on any atom is 0.223 e. The minimum atomic E-state index is 0.187. The van der Waals surface area contributed by atoms with Crippen molar-refractivity contribution in [3.05, 3.63) is 47.0 Å². The van der Waals surface area contributed by atoms with Gasteiger partial charge in [-0.25, -0.2) is 0 Å². The Bertz CT molecular complexity index is 547. The van der Waals surface area contributed by atoms with Crippen molar-refractivity contribution < 1.29 is 4.79 Å². The summed E-state index contributed by atoms with van der Waals surface area (Å²) in [6.07, 6.45) is 9.35. The molecule has 124 valence electrons. The van der Waals surface area contributed by atoms with E-state index in [0.29, 0.717) is 6.04 Å². The van der Waals surface area contributed by atoms with Crippen LogP contribution in [0.1, 0.15) is 37.7 Å². The van der Waals surface area contributed by atoms with Gasteiger partial charge in [-0.3, -0.25) is 9.69 Å². The molecular formula is C19H25ClN2O. The lowest BCUT2D eigenvalue weighted by molar-refractivity contribution is -0.126. The summed E-state index contributed by atoms with van der Waals surface area (Å²) < 4.78 is 0. The molecule has 2 aliphatic rings. The number of hydrogen-bond acceptors (Lipinski definition) is 2. The second-order valence-corrected chi connectivity index (χ2v) is 7.10. The van der Waals surface area contributed by atoms with E-state index in [9.17, 15) is 4.79 Å². The van der Waals surface area contributed by atoms with Gasteiger partial charge in [-0.05, 0) is 49.8 Å². The summed E-state index contributed by atoms with van der Waals surface area (Å²) in [4.78, 5) is 14.8. The van der Waals surface area contributed by atoms with Crippen LogP contribution in [0, 0.1) is 5.92 Å². The van der Waals surface area contributed by atoms with Crippen molar-refractivity contribution in [1.29, 1.82) is 0 Å². The Labute approximate surface area is 143 Å². The first-order valence-corrected chi connectivity index (χ1v) is 9.00. The molecule has 1 heterocycles. The van der Waals surface area contributed by atoms with E-state index in [4.69, 9.17) is 11.6 Å². The van der Waals surface area contributed by atoms with E-state index < -0.39 is 0 Å². The van der Waals surface area contributed by atoms with E-state index in [0.717, 1.165) is 56.8 Å². The topological polar surface area (TPSA) is 32.3 Å². The highest BCUT2D eigenvalue weighted by atomic mass is 35.5. The molecule has 0 aromatic heterocycles. The lowest BCUT2D eigenvalue weighted by Gasteiger charge is -2.33. The predicted octanol–water partition coefficient (Wildman–Crippen LogP) is 3.78. The number of nitrogens with zero attached hydrogens (tertiary/aromatic N) is 1. The molecule has 3 nitrogen and oxygen atoms in total. The summed E-state index contributed by atoms with van der Waals surface area (Å²) in [5, 5.41) is 4.05. The van der Waals surface area contributed by atoms with Crippen molar-refractivity contribution >= 4 is 17.5 Å². The van der Waals surface area contributed by atoms with Gasteiger partial charge in [0, 0.05) is 36.6 Å². The van der Waals surface area contributed by atoms with Gasteiger partial charge in [0.1, 0.15) is 0 Å². The van der Waals surface area contributed by atoms with Gasteiger partial charge in [-0.1, -0.05) is 35.9 Å². The highest BCUT2D eigenvalue weighted by Gasteiger charge is 2.24. The van der Waals surface area contributed by atoms with Crippen LogP contribution in [0.25, 0.3) is 0 Å². The minimum absolute atomic E-state index is 0.187. The third kappa shape index (κ3) is 4.82. The zero-order valence-corrected chi connectivity index (χ0v) is 14.3. The SMILES string of the molecule is O=C(NC1CCN(Cc2ccc(Cl)cc2)CC1)C1CC=CCC1.